The number of nitrogens with one attached hydrogen (secondary N) is 1. The van der Waals surface area contributed by atoms with E-state index in [1.54, 1.807) is 0 Å². The van der Waals surface area contributed by atoms with Crippen LogP contribution >= 0.6 is 0 Å². The molecule has 0 spiro atoms. The van der Waals surface area contributed by atoms with Gasteiger partial charge in [-0.2, -0.15) is 0 Å². The quantitative estimate of drug-likeness (QED) is 0.707. The first kappa shape index (κ1) is 18.4. The third-order valence-electron chi connectivity index (χ3n) is 6.05. The van der Waals surface area contributed by atoms with Crippen LogP contribution < -0.4 is 11.1 Å². The highest BCUT2D eigenvalue weighted by atomic mass is 16.5. The van der Waals surface area contributed by atoms with Crippen molar-refractivity contribution in [3.63, 3.8) is 0 Å². The summed E-state index contributed by atoms with van der Waals surface area (Å²) in [5.41, 5.74) is 10.9. The Morgan fingerprint density at radius 3 is 2.72 bits per heavy atom. The van der Waals surface area contributed by atoms with E-state index < -0.39 is 0 Å². The molecule has 4 heterocycles. The van der Waals surface area contributed by atoms with Gasteiger partial charge in [-0.25, -0.2) is 15.0 Å². The van der Waals surface area contributed by atoms with E-state index in [0.29, 0.717) is 24.0 Å². The molecule has 29 heavy (non-hydrogen) atoms. The van der Waals surface area contributed by atoms with Crippen molar-refractivity contribution in [3.8, 4) is 11.3 Å². The second-order valence-electron chi connectivity index (χ2n) is 7.92. The number of fused-ring (bicyclic) bond motifs is 1. The maximum absolute atomic E-state index is 6.23. The van der Waals surface area contributed by atoms with Gasteiger partial charge in [0.25, 0.3) is 0 Å². The van der Waals surface area contributed by atoms with Gasteiger partial charge >= 0.3 is 0 Å². The van der Waals surface area contributed by atoms with Crippen LogP contribution in [0.15, 0.2) is 30.7 Å². The number of nitrogens with two attached hydrogens (primary N) is 1. The van der Waals surface area contributed by atoms with Crippen LogP contribution in [0, 0.1) is 0 Å². The van der Waals surface area contributed by atoms with Crippen molar-refractivity contribution in [2.45, 2.75) is 44.1 Å². The summed E-state index contributed by atoms with van der Waals surface area (Å²) in [4.78, 5) is 18.1. The average molecular weight is 390 g/mol. The van der Waals surface area contributed by atoms with Gasteiger partial charge in [-0.3, -0.25) is 4.98 Å². The van der Waals surface area contributed by atoms with Crippen LogP contribution in [0.25, 0.3) is 22.3 Å². The molecule has 1 aliphatic heterocycles. The molecule has 2 fully saturated rings. The Morgan fingerprint density at radius 1 is 1.07 bits per heavy atom. The molecule has 3 aromatic heterocycles. The smallest absolute Gasteiger partial charge is 0.165 e. The molecule has 2 aliphatic rings. The summed E-state index contributed by atoms with van der Waals surface area (Å²) in [6, 6.07) is 6.28. The van der Waals surface area contributed by atoms with Crippen LogP contribution in [-0.2, 0) is 4.74 Å². The van der Waals surface area contributed by atoms with E-state index in [1.165, 1.54) is 44.0 Å². The van der Waals surface area contributed by atoms with Crippen molar-refractivity contribution in [2.24, 2.45) is 0 Å². The monoisotopic (exact) mass is 390 g/mol. The summed E-state index contributed by atoms with van der Waals surface area (Å²) >= 11 is 0. The minimum atomic E-state index is 0.00713. The first-order valence-electron chi connectivity index (χ1n) is 10.5. The maximum atomic E-state index is 6.23. The first-order chi connectivity index (χ1) is 14.3. The average Bonchev–Trinajstić information content (AvgIpc) is 2.80. The molecule has 0 radical (unpaired) electrons. The molecule has 7 heteroatoms. The minimum absolute atomic E-state index is 0.00713. The number of hydrogen-bond acceptors (Lipinski definition) is 7. The fourth-order valence-corrected chi connectivity index (χ4v) is 4.50. The van der Waals surface area contributed by atoms with Crippen LogP contribution in [0.4, 0.5) is 5.82 Å². The number of nitrogen functional groups attached to an aromatic ring is 1. The van der Waals surface area contributed by atoms with Gasteiger partial charge in [0.05, 0.1) is 23.4 Å². The van der Waals surface area contributed by atoms with Gasteiger partial charge < -0.3 is 15.8 Å². The lowest BCUT2D eigenvalue weighted by Crippen LogP contribution is -2.33. The van der Waals surface area contributed by atoms with Gasteiger partial charge in [0, 0.05) is 24.8 Å². The van der Waals surface area contributed by atoms with E-state index in [9.17, 15) is 0 Å². The summed E-state index contributed by atoms with van der Waals surface area (Å²) in [7, 11) is 0. The lowest BCUT2D eigenvalue weighted by atomic mass is 9.82. The molecule has 1 atom stereocenters. The summed E-state index contributed by atoms with van der Waals surface area (Å²) in [6.07, 6.45) is 9.55. The molecule has 1 saturated carbocycles. The van der Waals surface area contributed by atoms with Crippen LogP contribution in [0.1, 0.15) is 55.4 Å². The molecule has 0 aromatic carbocycles. The van der Waals surface area contributed by atoms with Crippen LogP contribution in [0.3, 0.4) is 0 Å². The Morgan fingerprint density at radius 2 is 1.97 bits per heavy atom. The van der Waals surface area contributed by atoms with Crippen molar-refractivity contribution in [1.29, 1.82) is 0 Å². The number of morpholine rings is 1. The van der Waals surface area contributed by atoms with E-state index in [2.05, 4.69) is 32.4 Å². The lowest BCUT2D eigenvalue weighted by Gasteiger charge is -2.24. The molecule has 0 bridgehead atoms. The van der Waals surface area contributed by atoms with Gasteiger partial charge in [0.1, 0.15) is 18.2 Å². The number of ether oxygens (including phenoxy) is 1. The number of aromatic nitrogens is 4. The van der Waals surface area contributed by atoms with Gasteiger partial charge in [0.2, 0.25) is 0 Å². The Labute approximate surface area is 170 Å². The van der Waals surface area contributed by atoms with Gasteiger partial charge in [-0.1, -0.05) is 19.3 Å². The SMILES string of the molecule is Nc1ncnc2nc(-c3ccc(C4CNCCO4)nc3)cc(C3CCCCC3)c12. The second kappa shape index (κ2) is 8.00. The van der Waals surface area contributed by atoms with E-state index in [1.807, 2.05) is 12.3 Å². The van der Waals surface area contributed by atoms with Crippen molar-refractivity contribution in [2.75, 3.05) is 25.4 Å². The molecule has 5 rings (SSSR count). The third-order valence-corrected chi connectivity index (χ3v) is 6.05. The summed E-state index contributed by atoms with van der Waals surface area (Å²) in [5.74, 6) is 1.00. The van der Waals surface area contributed by atoms with E-state index in [4.69, 9.17) is 15.5 Å². The molecule has 3 aromatic rings. The standard InChI is InChI=1S/C22H26N6O/c23-21-20-16(14-4-2-1-3-5-14)10-18(28-22(20)27-13-26-21)15-6-7-17(25-11-15)19-12-24-8-9-29-19/h6-7,10-11,13-14,19,24H,1-5,8-9,12H2,(H2,23,26,27,28). The topological polar surface area (TPSA) is 98.8 Å². The first-order valence-corrected chi connectivity index (χ1v) is 10.5. The van der Waals surface area contributed by atoms with Crippen molar-refractivity contribution < 1.29 is 4.74 Å². The predicted octanol–water partition coefficient (Wildman–Crippen LogP) is 3.38. The minimum Gasteiger partial charge on any atom is -0.383 e. The highest BCUT2D eigenvalue weighted by Crippen LogP contribution is 2.38. The second-order valence-corrected chi connectivity index (χ2v) is 7.92. The van der Waals surface area contributed by atoms with Crippen LogP contribution in [0.5, 0.6) is 0 Å². The molecule has 7 nitrogen and oxygen atoms in total. The highest BCUT2D eigenvalue weighted by Gasteiger charge is 2.22. The molecule has 1 saturated heterocycles. The summed E-state index contributed by atoms with van der Waals surface area (Å²) in [5, 5.41) is 4.26. The van der Waals surface area contributed by atoms with Crippen molar-refractivity contribution in [1.82, 2.24) is 25.3 Å². The van der Waals surface area contributed by atoms with E-state index >= 15 is 0 Å². The van der Waals surface area contributed by atoms with E-state index in [0.717, 1.165) is 35.4 Å². The zero-order valence-corrected chi connectivity index (χ0v) is 16.5. The fraction of sp³-hybridized carbons (Fsp3) is 0.455. The van der Waals surface area contributed by atoms with Crippen molar-refractivity contribution in [3.05, 3.63) is 42.0 Å². The van der Waals surface area contributed by atoms with Crippen molar-refractivity contribution >= 4 is 16.9 Å². The highest BCUT2D eigenvalue weighted by molar-refractivity contribution is 5.90. The Bertz CT molecular complexity index is 994. The molecule has 3 N–H and O–H groups in total. The molecule has 1 unspecified atom stereocenters. The normalized spacial score (nSPS) is 20.8. The number of nitrogens with zero attached hydrogens (tertiary/aromatic N) is 4. The maximum Gasteiger partial charge on any atom is 0.165 e. The zero-order valence-electron chi connectivity index (χ0n) is 16.5. The fourth-order valence-electron chi connectivity index (χ4n) is 4.50. The summed E-state index contributed by atoms with van der Waals surface area (Å²) in [6.45, 7) is 2.40. The third kappa shape index (κ3) is 3.68. The van der Waals surface area contributed by atoms with Gasteiger partial charge in [0.15, 0.2) is 5.65 Å². The molecule has 150 valence electrons. The molecule has 1 aliphatic carbocycles. The zero-order chi connectivity index (χ0) is 19.6. The number of pyridine rings is 2. The number of hydrogen-bond donors (Lipinski definition) is 2. The Kier molecular flexibility index (Phi) is 5.08. The molecule has 0 amide bonds. The van der Waals surface area contributed by atoms with E-state index in [-0.39, 0.29) is 6.10 Å². The van der Waals surface area contributed by atoms with Gasteiger partial charge in [-0.05, 0) is 42.5 Å². The Hall–Kier alpha value is -2.64. The van der Waals surface area contributed by atoms with Crippen LogP contribution in [-0.4, -0.2) is 39.6 Å². The van der Waals surface area contributed by atoms with Gasteiger partial charge in [-0.15, -0.1) is 0 Å². The lowest BCUT2D eigenvalue weighted by molar-refractivity contribution is 0.0250. The molecular weight excluding hydrogens is 364 g/mol. The van der Waals surface area contributed by atoms with Crippen LogP contribution in [0.2, 0.25) is 0 Å². The number of anilines is 1. The molecular formula is C22H26N6O. The Balaban J connectivity index is 1.54. The predicted molar refractivity (Wildman–Crippen MR) is 112 cm³/mol. The summed E-state index contributed by atoms with van der Waals surface area (Å²) < 4.78 is 5.81. The number of rotatable bonds is 3. The largest absolute Gasteiger partial charge is 0.383 e.